The van der Waals surface area contributed by atoms with Gasteiger partial charge in [0.25, 0.3) is 0 Å². The third-order valence-corrected chi connectivity index (χ3v) is 2.69. The van der Waals surface area contributed by atoms with Crippen LogP contribution in [0.3, 0.4) is 0 Å². The summed E-state index contributed by atoms with van der Waals surface area (Å²) in [6.07, 6.45) is 0. The topological polar surface area (TPSA) is 43.4 Å². The normalized spacial score (nSPS) is 13.3. The minimum absolute atomic E-state index is 0.0171. The average Bonchev–Trinajstić information content (AvgIpc) is 2.00. The van der Waals surface area contributed by atoms with Crippen molar-refractivity contribution in [1.82, 2.24) is 0 Å². The van der Waals surface area contributed by atoms with Crippen molar-refractivity contribution in [1.29, 1.82) is 0 Å². The van der Waals surface area contributed by atoms with Crippen molar-refractivity contribution >= 4 is 16.6 Å². The number of rotatable bonds is 6. The molecule has 0 aliphatic carbocycles. The summed E-state index contributed by atoms with van der Waals surface area (Å²) in [5.74, 6) is 0.664. The van der Waals surface area contributed by atoms with Crippen LogP contribution >= 0.6 is 0 Å². The lowest BCUT2D eigenvalue weighted by Crippen LogP contribution is -2.19. The highest BCUT2D eigenvalue weighted by molar-refractivity contribution is 7.85. The molecular formula is C8H16O3S. The van der Waals surface area contributed by atoms with Gasteiger partial charge in [-0.05, 0) is 0 Å². The highest BCUT2D eigenvalue weighted by Gasteiger charge is 2.10. The Kier molecular flexibility index (Phi) is 6.20. The quantitative estimate of drug-likeness (QED) is 0.619. The predicted octanol–water partition coefficient (Wildman–Crippen LogP) is 0.607. The lowest BCUT2D eigenvalue weighted by Gasteiger charge is -2.03. The molecule has 0 rings (SSSR count). The molecule has 0 aromatic rings. The maximum absolute atomic E-state index is 11.1. The van der Waals surface area contributed by atoms with Gasteiger partial charge in [-0.25, -0.2) is 0 Å². The minimum Gasteiger partial charge on any atom is -0.384 e. The zero-order valence-electron chi connectivity index (χ0n) is 7.83. The Morgan fingerprint density at radius 2 is 2.08 bits per heavy atom. The number of carbonyl (C=O) groups is 1. The summed E-state index contributed by atoms with van der Waals surface area (Å²) in [5.41, 5.74) is 0. The second kappa shape index (κ2) is 6.31. The molecule has 0 aliphatic heterocycles. The Bertz CT molecular complexity index is 166. The van der Waals surface area contributed by atoms with Crippen molar-refractivity contribution < 1.29 is 13.7 Å². The summed E-state index contributed by atoms with van der Waals surface area (Å²) in [4.78, 5) is 11.1. The summed E-state index contributed by atoms with van der Waals surface area (Å²) in [6.45, 7) is 4.09. The molecule has 12 heavy (non-hydrogen) atoms. The van der Waals surface area contributed by atoms with Crippen LogP contribution in [-0.2, 0) is 20.3 Å². The standard InChI is InChI=1S/C8H16O3S/c1-7(2)8(9)6-12(10)5-4-11-3/h7H,4-6H2,1-3H3. The molecule has 72 valence electrons. The van der Waals surface area contributed by atoms with Crippen molar-refractivity contribution in [3.8, 4) is 0 Å². The Morgan fingerprint density at radius 3 is 2.50 bits per heavy atom. The highest BCUT2D eigenvalue weighted by atomic mass is 32.2. The molecule has 0 aliphatic rings. The van der Waals surface area contributed by atoms with Crippen molar-refractivity contribution in [2.75, 3.05) is 25.2 Å². The molecule has 0 amide bonds. The van der Waals surface area contributed by atoms with E-state index < -0.39 is 10.8 Å². The second-order valence-corrected chi connectivity index (χ2v) is 4.48. The molecule has 0 spiro atoms. The van der Waals surface area contributed by atoms with Gasteiger partial charge in [0.1, 0.15) is 5.78 Å². The number of carbonyl (C=O) groups excluding carboxylic acids is 1. The molecule has 1 atom stereocenters. The molecule has 4 heteroatoms. The SMILES string of the molecule is COCCS(=O)CC(=O)C(C)C. The molecule has 1 unspecified atom stereocenters. The van der Waals surface area contributed by atoms with Crippen LogP contribution in [0, 0.1) is 5.92 Å². The van der Waals surface area contributed by atoms with Crippen molar-refractivity contribution in [2.45, 2.75) is 13.8 Å². The molecule has 0 N–H and O–H groups in total. The van der Waals surface area contributed by atoms with Gasteiger partial charge in [-0.2, -0.15) is 0 Å². The zero-order valence-corrected chi connectivity index (χ0v) is 8.65. The van der Waals surface area contributed by atoms with E-state index in [2.05, 4.69) is 0 Å². The van der Waals surface area contributed by atoms with E-state index in [1.807, 2.05) is 13.8 Å². The number of ether oxygens (including phenoxy) is 1. The van der Waals surface area contributed by atoms with E-state index in [-0.39, 0.29) is 17.5 Å². The van der Waals surface area contributed by atoms with Gasteiger partial charge in [0.05, 0.1) is 12.4 Å². The maximum atomic E-state index is 11.1. The average molecular weight is 192 g/mol. The third-order valence-electron chi connectivity index (χ3n) is 1.46. The maximum Gasteiger partial charge on any atom is 0.147 e. The van der Waals surface area contributed by atoms with E-state index in [4.69, 9.17) is 4.74 Å². The summed E-state index contributed by atoms with van der Waals surface area (Å²) < 4.78 is 15.9. The fourth-order valence-electron chi connectivity index (χ4n) is 0.574. The molecule has 0 aromatic heterocycles. The van der Waals surface area contributed by atoms with Gasteiger partial charge in [0.15, 0.2) is 0 Å². The predicted molar refractivity (Wildman–Crippen MR) is 49.6 cm³/mol. The molecular weight excluding hydrogens is 176 g/mol. The second-order valence-electron chi connectivity index (χ2n) is 2.90. The first-order valence-electron chi connectivity index (χ1n) is 3.94. The van der Waals surface area contributed by atoms with E-state index >= 15 is 0 Å². The number of Topliss-reactive ketones (excluding diaryl/α,β-unsaturated/α-hetero) is 1. The Hall–Kier alpha value is -0.220. The largest absolute Gasteiger partial charge is 0.384 e. The first-order chi connectivity index (χ1) is 5.57. The Morgan fingerprint density at radius 1 is 1.50 bits per heavy atom. The molecule has 0 fully saturated rings. The van der Waals surface area contributed by atoms with E-state index in [0.29, 0.717) is 12.4 Å². The monoisotopic (exact) mass is 192 g/mol. The van der Waals surface area contributed by atoms with Gasteiger partial charge in [0.2, 0.25) is 0 Å². The van der Waals surface area contributed by atoms with E-state index in [1.54, 1.807) is 7.11 Å². The van der Waals surface area contributed by atoms with Crippen molar-refractivity contribution in [3.63, 3.8) is 0 Å². The van der Waals surface area contributed by atoms with Gasteiger partial charge in [-0.3, -0.25) is 9.00 Å². The summed E-state index contributed by atoms with van der Waals surface area (Å²) in [7, 11) is 0.512. The lowest BCUT2D eigenvalue weighted by molar-refractivity contribution is -0.119. The molecule has 3 nitrogen and oxygen atoms in total. The number of hydrogen-bond acceptors (Lipinski definition) is 3. The van der Waals surface area contributed by atoms with Crippen LogP contribution in [0.25, 0.3) is 0 Å². The van der Waals surface area contributed by atoms with E-state index in [0.717, 1.165) is 0 Å². The molecule has 0 heterocycles. The molecule has 0 aromatic carbocycles. The molecule has 0 radical (unpaired) electrons. The van der Waals surface area contributed by atoms with Gasteiger partial charge in [-0.1, -0.05) is 13.8 Å². The Labute approximate surface area is 75.9 Å². The van der Waals surface area contributed by atoms with Gasteiger partial charge in [0, 0.05) is 29.6 Å². The van der Waals surface area contributed by atoms with Crippen LogP contribution in [0.5, 0.6) is 0 Å². The molecule has 0 saturated carbocycles. The molecule has 0 saturated heterocycles. The summed E-state index contributed by atoms with van der Waals surface area (Å²) in [5, 5.41) is 0. The first kappa shape index (κ1) is 11.8. The van der Waals surface area contributed by atoms with Crippen LogP contribution in [0.4, 0.5) is 0 Å². The zero-order chi connectivity index (χ0) is 9.56. The van der Waals surface area contributed by atoms with Crippen LogP contribution in [-0.4, -0.2) is 35.2 Å². The van der Waals surface area contributed by atoms with E-state index in [9.17, 15) is 9.00 Å². The van der Waals surface area contributed by atoms with Gasteiger partial charge < -0.3 is 4.74 Å². The Balaban J connectivity index is 3.62. The summed E-state index contributed by atoms with van der Waals surface area (Å²) in [6, 6.07) is 0. The van der Waals surface area contributed by atoms with Crippen LogP contribution in [0.2, 0.25) is 0 Å². The van der Waals surface area contributed by atoms with Crippen LogP contribution in [0.1, 0.15) is 13.8 Å². The third kappa shape index (κ3) is 5.43. The summed E-state index contributed by atoms with van der Waals surface area (Å²) >= 11 is 0. The van der Waals surface area contributed by atoms with Crippen molar-refractivity contribution in [2.24, 2.45) is 5.92 Å². The number of methoxy groups -OCH3 is 1. The molecule has 0 bridgehead atoms. The fraction of sp³-hybridized carbons (Fsp3) is 0.875. The first-order valence-corrected chi connectivity index (χ1v) is 5.43. The van der Waals surface area contributed by atoms with Gasteiger partial charge >= 0.3 is 0 Å². The number of ketones is 1. The van der Waals surface area contributed by atoms with Gasteiger partial charge in [-0.15, -0.1) is 0 Å². The van der Waals surface area contributed by atoms with Crippen molar-refractivity contribution in [3.05, 3.63) is 0 Å². The number of hydrogen-bond donors (Lipinski definition) is 0. The highest BCUT2D eigenvalue weighted by Crippen LogP contribution is 1.96. The van der Waals surface area contributed by atoms with Crippen LogP contribution < -0.4 is 0 Å². The lowest BCUT2D eigenvalue weighted by atomic mass is 10.1. The smallest absolute Gasteiger partial charge is 0.147 e. The fourth-order valence-corrected chi connectivity index (χ4v) is 1.72. The van der Waals surface area contributed by atoms with Crippen LogP contribution in [0.15, 0.2) is 0 Å². The van der Waals surface area contributed by atoms with E-state index in [1.165, 1.54) is 0 Å². The minimum atomic E-state index is -1.05.